The number of rotatable bonds is 9. The van der Waals surface area contributed by atoms with Crippen molar-refractivity contribution in [3.05, 3.63) is 42.0 Å². The summed E-state index contributed by atoms with van der Waals surface area (Å²) in [4.78, 5) is 16.1. The summed E-state index contributed by atoms with van der Waals surface area (Å²) < 4.78 is 7.10. The highest BCUT2D eigenvalue weighted by atomic mass is 127. The number of nitrogens with zero attached hydrogens (tertiary/aromatic N) is 4. The molecule has 2 rings (SSSR count). The summed E-state index contributed by atoms with van der Waals surface area (Å²) in [6, 6.07) is 7.57. The van der Waals surface area contributed by atoms with Crippen molar-refractivity contribution in [1.82, 2.24) is 30.7 Å². The Bertz CT molecular complexity index is 747. The minimum Gasteiger partial charge on any atom is -0.497 e. The van der Waals surface area contributed by atoms with Crippen LogP contribution in [0.1, 0.15) is 18.3 Å². The number of halogens is 1. The van der Waals surface area contributed by atoms with E-state index in [0.717, 1.165) is 30.1 Å². The molecular weight excluding hydrogens is 473 g/mol. The molecule has 0 aliphatic heterocycles. The largest absolute Gasteiger partial charge is 0.497 e. The van der Waals surface area contributed by atoms with Crippen molar-refractivity contribution >= 4 is 35.8 Å². The summed E-state index contributed by atoms with van der Waals surface area (Å²) in [5, 5.41) is 17.0. The van der Waals surface area contributed by atoms with Gasteiger partial charge in [-0.3, -0.25) is 9.79 Å². The van der Waals surface area contributed by atoms with Gasteiger partial charge >= 0.3 is 0 Å². The molecule has 3 N–H and O–H groups in total. The number of aliphatic imine (C=N–C) groups is 1. The molecule has 0 radical (unpaired) electrons. The third-order valence-corrected chi connectivity index (χ3v) is 3.95. The molecule has 154 valence electrons. The molecule has 0 saturated heterocycles. The van der Waals surface area contributed by atoms with E-state index in [1.807, 2.05) is 35.8 Å². The molecule has 0 saturated carbocycles. The molecule has 9 nitrogen and oxygen atoms in total. The van der Waals surface area contributed by atoms with Gasteiger partial charge in [0.25, 0.3) is 0 Å². The minimum absolute atomic E-state index is 0. The SMILES string of the molecule is CCc1nncn1CCNC(=NC)NCC(=O)NCc1ccc(OC)cc1.I. The van der Waals surface area contributed by atoms with Crippen molar-refractivity contribution in [1.29, 1.82) is 0 Å². The van der Waals surface area contributed by atoms with E-state index in [1.54, 1.807) is 20.5 Å². The first-order chi connectivity index (χ1) is 13.2. The van der Waals surface area contributed by atoms with Gasteiger partial charge in [0, 0.05) is 33.1 Å². The Morgan fingerprint density at radius 1 is 1.21 bits per heavy atom. The molecule has 0 aliphatic rings. The molecule has 0 bridgehead atoms. The molecule has 28 heavy (non-hydrogen) atoms. The normalized spacial score (nSPS) is 10.8. The van der Waals surface area contributed by atoms with E-state index >= 15 is 0 Å². The Morgan fingerprint density at radius 2 is 1.96 bits per heavy atom. The summed E-state index contributed by atoms with van der Waals surface area (Å²) in [7, 11) is 3.29. The second-order valence-electron chi connectivity index (χ2n) is 5.77. The van der Waals surface area contributed by atoms with Gasteiger partial charge in [0.15, 0.2) is 5.96 Å². The second-order valence-corrected chi connectivity index (χ2v) is 5.77. The highest BCUT2D eigenvalue weighted by Gasteiger charge is 2.05. The van der Waals surface area contributed by atoms with E-state index in [1.165, 1.54) is 0 Å². The van der Waals surface area contributed by atoms with E-state index in [0.29, 0.717) is 19.0 Å². The number of nitrogens with one attached hydrogen (secondary N) is 3. The van der Waals surface area contributed by atoms with Crippen molar-refractivity contribution in [3.63, 3.8) is 0 Å². The zero-order valence-electron chi connectivity index (χ0n) is 16.4. The molecule has 1 aromatic heterocycles. The van der Waals surface area contributed by atoms with E-state index < -0.39 is 0 Å². The third kappa shape index (κ3) is 7.71. The predicted octanol–water partition coefficient (Wildman–Crippen LogP) is 0.949. The average molecular weight is 501 g/mol. The fourth-order valence-corrected chi connectivity index (χ4v) is 2.43. The van der Waals surface area contributed by atoms with Crippen molar-refractivity contribution in [2.75, 3.05) is 27.2 Å². The number of amides is 1. The van der Waals surface area contributed by atoms with Crippen LogP contribution < -0.4 is 20.7 Å². The Morgan fingerprint density at radius 3 is 2.61 bits per heavy atom. The number of ether oxygens (including phenoxy) is 1. The molecule has 2 aromatic rings. The van der Waals surface area contributed by atoms with Crippen molar-refractivity contribution in [3.8, 4) is 5.75 Å². The second kappa shape index (κ2) is 12.9. The number of carbonyl (C=O) groups excluding carboxylic acids is 1. The molecule has 1 aromatic carbocycles. The third-order valence-electron chi connectivity index (χ3n) is 3.95. The van der Waals surface area contributed by atoms with Gasteiger partial charge in [-0.15, -0.1) is 34.2 Å². The van der Waals surface area contributed by atoms with Crippen LogP contribution in [0.3, 0.4) is 0 Å². The van der Waals surface area contributed by atoms with Gasteiger partial charge in [0.05, 0.1) is 13.7 Å². The Balaban J connectivity index is 0.00000392. The zero-order chi connectivity index (χ0) is 19.5. The van der Waals surface area contributed by atoms with Gasteiger partial charge in [-0.2, -0.15) is 0 Å². The molecule has 1 amide bonds. The van der Waals surface area contributed by atoms with Crippen LogP contribution in [-0.2, 0) is 24.3 Å². The topological polar surface area (TPSA) is 105 Å². The molecule has 10 heteroatoms. The first-order valence-electron chi connectivity index (χ1n) is 8.87. The fraction of sp³-hybridized carbons (Fsp3) is 0.444. The number of aromatic nitrogens is 3. The quantitative estimate of drug-likeness (QED) is 0.269. The lowest BCUT2D eigenvalue weighted by Gasteiger charge is -2.13. The average Bonchev–Trinajstić information content (AvgIpc) is 3.16. The highest BCUT2D eigenvalue weighted by molar-refractivity contribution is 14.0. The van der Waals surface area contributed by atoms with Crippen LogP contribution in [0.2, 0.25) is 0 Å². The highest BCUT2D eigenvalue weighted by Crippen LogP contribution is 2.10. The van der Waals surface area contributed by atoms with Crippen molar-refractivity contribution < 1.29 is 9.53 Å². The summed E-state index contributed by atoms with van der Waals surface area (Å²) in [5.41, 5.74) is 1.01. The van der Waals surface area contributed by atoms with Crippen LogP contribution in [-0.4, -0.2) is 53.9 Å². The zero-order valence-corrected chi connectivity index (χ0v) is 18.8. The number of methoxy groups -OCH3 is 1. The lowest BCUT2D eigenvalue weighted by molar-refractivity contribution is -0.120. The molecule has 0 fully saturated rings. The molecule has 0 aliphatic carbocycles. The van der Waals surface area contributed by atoms with Gasteiger partial charge in [0.1, 0.15) is 17.9 Å². The lowest BCUT2D eigenvalue weighted by Crippen LogP contribution is -2.43. The van der Waals surface area contributed by atoms with Gasteiger partial charge in [-0.25, -0.2) is 0 Å². The van der Waals surface area contributed by atoms with E-state index in [4.69, 9.17) is 4.74 Å². The van der Waals surface area contributed by atoms with Crippen LogP contribution in [0.4, 0.5) is 0 Å². The minimum atomic E-state index is -0.110. The molecular formula is C18H28IN7O2. The van der Waals surface area contributed by atoms with Crippen LogP contribution in [0, 0.1) is 0 Å². The van der Waals surface area contributed by atoms with Crippen molar-refractivity contribution in [2.45, 2.75) is 26.4 Å². The maximum absolute atomic E-state index is 12.0. The van der Waals surface area contributed by atoms with Crippen LogP contribution in [0.5, 0.6) is 5.75 Å². The maximum Gasteiger partial charge on any atom is 0.239 e. The Hall–Kier alpha value is -2.37. The summed E-state index contributed by atoms with van der Waals surface area (Å²) in [6.45, 7) is 4.02. The van der Waals surface area contributed by atoms with Gasteiger partial charge in [-0.05, 0) is 17.7 Å². The first-order valence-corrected chi connectivity index (χ1v) is 8.87. The monoisotopic (exact) mass is 501 g/mol. The van der Waals surface area contributed by atoms with Crippen molar-refractivity contribution in [2.24, 2.45) is 4.99 Å². The smallest absolute Gasteiger partial charge is 0.239 e. The first kappa shape index (κ1) is 23.7. The Kier molecular flexibility index (Phi) is 10.9. The maximum atomic E-state index is 12.0. The van der Waals surface area contributed by atoms with Crippen LogP contribution >= 0.6 is 24.0 Å². The van der Waals surface area contributed by atoms with E-state index in [-0.39, 0.29) is 36.4 Å². The summed E-state index contributed by atoms with van der Waals surface area (Å²) >= 11 is 0. The number of aryl methyl sites for hydroxylation is 1. The number of guanidine groups is 1. The molecule has 1 heterocycles. The van der Waals surface area contributed by atoms with Gasteiger partial charge in [0.2, 0.25) is 5.91 Å². The number of hydrogen-bond acceptors (Lipinski definition) is 5. The van der Waals surface area contributed by atoms with Gasteiger partial charge in [-0.1, -0.05) is 19.1 Å². The predicted molar refractivity (Wildman–Crippen MR) is 119 cm³/mol. The Labute approximate surface area is 182 Å². The molecule has 0 unspecified atom stereocenters. The number of benzene rings is 1. The lowest BCUT2D eigenvalue weighted by atomic mass is 10.2. The standard InChI is InChI=1S/C18H27N7O2.HI/c1-4-16-24-23-13-25(16)10-9-20-18(19-2)22-12-17(26)21-11-14-5-7-15(27-3)8-6-14;/h5-8,13H,4,9-12H2,1-3H3,(H,21,26)(H2,19,20,22);1H. The van der Waals surface area contributed by atoms with Crippen LogP contribution in [0.25, 0.3) is 0 Å². The van der Waals surface area contributed by atoms with E-state index in [2.05, 4.69) is 31.1 Å². The molecule has 0 atom stereocenters. The molecule has 0 spiro atoms. The van der Waals surface area contributed by atoms with E-state index in [9.17, 15) is 4.79 Å². The fourth-order valence-electron chi connectivity index (χ4n) is 2.43. The number of carbonyl (C=O) groups is 1. The van der Waals surface area contributed by atoms with Gasteiger partial charge < -0.3 is 25.3 Å². The number of hydrogen-bond donors (Lipinski definition) is 3. The van der Waals surface area contributed by atoms with Crippen LogP contribution in [0.15, 0.2) is 35.6 Å². The summed E-state index contributed by atoms with van der Waals surface area (Å²) in [6.07, 6.45) is 2.55. The summed E-state index contributed by atoms with van der Waals surface area (Å²) in [5.74, 6) is 2.19.